The van der Waals surface area contributed by atoms with Crippen LogP contribution in [-0.2, 0) is 58.7 Å². The Bertz CT molecular complexity index is 4470. The van der Waals surface area contributed by atoms with Gasteiger partial charge in [-0.25, -0.2) is 29.9 Å². The monoisotopic (exact) mass is 1250 g/mol. The van der Waals surface area contributed by atoms with Gasteiger partial charge in [0.2, 0.25) is 0 Å². The number of imidazole rings is 2. The molecule has 9 aromatic heterocycles. The first-order chi connectivity index (χ1) is 45.8. The third-order valence-corrected chi connectivity index (χ3v) is 18.1. The van der Waals surface area contributed by atoms with Gasteiger partial charge in [0.1, 0.15) is 11.6 Å². The van der Waals surface area contributed by atoms with Gasteiger partial charge in [-0.2, -0.15) is 0 Å². The molecule has 0 saturated heterocycles. The van der Waals surface area contributed by atoms with Gasteiger partial charge in [-0.3, -0.25) is 0 Å². The van der Waals surface area contributed by atoms with Crippen molar-refractivity contribution in [3.05, 3.63) is 204 Å². The molecule has 13 rings (SSSR count). The molecule has 0 aromatic carbocycles. The molecule has 4 aliphatic rings. The number of aryl methyl sites for hydroxylation is 6. The summed E-state index contributed by atoms with van der Waals surface area (Å²) in [5, 5.41) is 0. The third-order valence-electron chi connectivity index (χ3n) is 16.9. The van der Waals surface area contributed by atoms with Gasteiger partial charge in [0.15, 0.2) is 0 Å². The van der Waals surface area contributed by atoms with Gasteiger partial charge >= 0.3 is 0 Å². The molecule has 470 valence electrons. The van der Waals surface area contributed by atoms with Crippen LogP contribution >= 0.6 is 11.3 Å². The number of nitrogens with one attached hydrogen (secondary N) is 4. The first kappa shape index (κ1) is 62.0. The van der Waals surface area contributed by atoms with Crippen molar-refractivity contribution in [3.63, 3.8) is 0 Å². The Labute approximate surface area is 545 Å². The number of aromatic nitrogens is 12. The Morgan fingerprint density at radius 1 is 0.366 bits per heavy atom. The molecule has 0 atom stereocenters. The van der Waals surface area contributed by atoms with Crippen LogP contribution < -0.4 is 0 Å². The number of H-pyrrole nitrogens is 4. The molecule has 4 aliphatic heterocycles. The summed E-state index contributed by atoms with van der Waals surface area (Å²) in [5.74, 6) is 1.61. The molecule has 9 aromatic rings. The Balaban J connectivity index is 1.05. The molecule has 0 radical (unpaired) electrons. The molecule has 93 heavy (non-hydrogen) atoms. The first-order valence-electron chi connectivity index (χ1n) is 31.9. The van der Waals surface area contributed by atoms with Crippen LogP contribution in [0.1, 0.15) is 93.5 Å². The molecule has 16 nitrogen and oxygen atoms in total. The minimum atomic E-state index is 0.485. The van der Waals surface area contributed by atoms with Gasteiger partial charge < -0.3 is 48.0 Å². The number of hydrogen-bond acceptors (Lipinski definition) is 11. The number of aromatic amines is 4. The number of nitrogens with zero attached hydrogens (tertiary/aromatic N) is 8. The maximum atomic E-state index is 5.96. The topological polar surface area (TPSA) is 187 Å². The van der Waals surface area contributed by atoms with Crippen LogP contribution in [0.4, 0.5) is 0 Å². The molecule has 16 bridgehead atoms. The third kappa shape index (κ3) is 13.3. The normalized spacial score (nSPS) is 12.4. The van der Waals surface area contributed by atoms with Crippen molar-refractivity contribution in [2.24, 2.45) is 14.1 Å². The average molecular weight is 1250 g/mol. The summed E-state index contributed by atoms with van der Waals surface area (Å²) in [4.78, 5) is 49.6. The van der Waals surface area contributed by atoms with E-state index in [4.69, 9.17) is 48.9 Å². The van der Waals surface area contributed by atoms with E-state index in [1.165, 1.54) is 0 Å². The Kier molecular flexibility index (Phi) is 19.1. The van der Waals surface area contributed by atoms with E-state index >= 15 is 0 Å². The molecule has 13 heterocycles. The van der Waals surface area contributed by atoms with E-state index in [0.29, 0.717) is 78.5 Å². The van der Waals surface area contributed by atoms with Crippen molar-refractivity contribution in [2.75, 3.05) is 52.9 Å². The van der Waals surface area contributed by atoms with Crippen LogP contribution in [0.2, 0.25) is 0 Å². The second-order valence-corrected chi connectivity index (χ2v) is 24.3. The zero-order chi connectivity index (χ0) is 63.6. The highest BCUT2D eigenvalue weighted by Crippen LogP contribution is 2.43. The van der Waals surface area contributed by atoms with Crippen LogP contribution in [0.5, 0.6) is 0 Å². The molecule has 0 unspecified atom stereocenters. The van der Waals surface area contributed by atoms with Crippen LogP contribution in [0, 0.1) is 0 Å². The lowest BCUT2D eigenvalue weighted by atomic mass is 10.1. The number of thiophene rings is 1. The van der Waals surface area contributed by atoms with Crippen molar-refractivity contribution in [2.45, 2.75) is 51.4 Å². The van der Waals surface area contributed by atoms with Crippen molar-refractivity contribution in [3.8, 4) is 43.7 Å². The Morgan fingerprint density at radius 2 is 0.634 bits per heavy atom. The number of hydrogen-bond donors (Lipinski definition) is 4. The quantitative estimate of drug-likeness (QED) is 0.0271. The second kappa shape index (κ2) is 28.7. The minimum Gasteiger partial charge on any atom is -0.377 e. The fourth-order valence-electron chi connectivity index (χ4n) is 12.6. The predicted octanol–water partition coefficient (Wildman–Crippen LogP) is 16.4. The first-order valence-corrected chi connectivity index (χ1v) is 32.7. The van der Waals surface area contributed by atoms with Gasteiger partial charge in [0.05, 0.1) is 94.1 Å². The number of fused-ring (bicyclic) bond motifs is 16. The second-order valence-electron chi connectivity index (χ2n) is 23.2. The van der Waals surface area contributed by atoms with Gasteiger partial charge in [0, 0.05) is 142 Å². The van der Waals surface area contributed by atoms with Crippen LogP contribution in [0.25, 0.3) is 136 Å². The van der Waals surface area contributed by atoms with E-state index in [9.17, 15) is 0 Å². The van der Waals surface area contributed by atoms with Crippen molar-refractivity contribution >= 4 is 104 Å². The van der Waals surface area contributed by atoms with Crippen LogP contribution in [0.3, 0.4) is 0 Å². The number of ether oxygens (including phenoxy) is 4. The fraction of sp³-hybridized carbons (Fsp3) is 0.237. The SMILES string of the molecule is C=CCOCCCc1c2nc(c(-c3nccn3C)c3ccc([nH]3)c(CCCOCC=C)c3nc(c(-c4ccc(-c5c6nc(c(CCCOCC=C)c7ccc([nH]7)c(-c7nccn7C)c7nc(c(CCCOCC=C)c8ccc5[nH]8)C=C7)C=C6)s4)c4ccc1[nH]4)C=C3)C=C2. The molecular weight excluding hydrogens is 1180 g/mol. The van der Waals surface area contributed by atoms with Crippen LogP contribution in [-0.4, -0.2) is 112 Å². The summed E-state index contributed by atoms with van der Waals surface area (Å²) in [6.45, 7) is 19.7. The molecule has 0 amide bonds. The maximum absolute atomic E-state index is 5.96. The highest BCUT2D eigenvalue weighted by Gasteiger charge is 2.24. The summed E-state index contributed by atoms with van der Waals surface area (Å²) >= 11 is 1.72. The summed E-state index contributed by atoms with van der Waals surface area (Å²) in [5.41, 5.74) is 22.3. The fourth-order valence-corrected chi connectivity index (χ4v) is 13.7. The highest BCUT2D eigenvalue weighted by atomic mass is 32.1. The predicted molar refractivity (Wildman–Crippen MR) is 382 cm³/mol. The summed E-state index contributed by atoms with van der Waals surface area (Å²) in [6, 6.07) is 21.8. The maximum Gasteiger partial charge on any atom is 0.143 e. The zero-order valence-electron chi connectivity index (χ0n) is 52.8. The van der Waals surface area contributed by atoms with E-state index < -0.39 is 0 Å². The molecular formula is C76H76N12O4S. The molecule has 4 N–H and O–H groups in total. The Hall–Kier alpha value is -9.88. The largest absolute Gasteiger partial charge is 0.377 e. The van der Waals surface area contributed by atoms with Crippen molar-refractivity contribution in [1.82, 2.24) is 59.0 Å². The highest BCUT2D eigenvalue weighted by molar-refractivity contribution is 7.19. The molecule has 0 aliphatic carbocycles. The molecule has 0 fully saturated rings. The smallest absolute Gasteiger partial charge is 0.143 e. The molecule has 0 spiro atoms. The minimum absolute atomic E-state index is 0.485. The van der Waals surface area contributed by atoms with Gasteiger partial charge in [0.25, 0.3) is 0 Å². The van der Waals surface area contributed by atoms with Gasteiger partial charge in [-0.05, 0) is 161 Å². The van der Waals surface area contributed by atoms with Crippen molar-refractivity contribution < 1.29 is 18.9 Å². The van der Waals surface area contributed by atoms with Crippen LogP contribution in [0.15, 0.2) is 136 Å². The van der Waals surface area contributed by atoms with Gasteiger partial charge in [-0.15, -0.1) is 37.7 Å². The van der Waals surface area contributed by atoms with Crippen molar-refractivity contribution in [1.29, 1.82) is 0 Å². The van der Waals surface area contributed by atoms with E-state index in [1.54, 1.807) is 35.6 Å². The number of rotatable bonds is 28. The summed E-state index contributed by atoms with van der Waals surface area (Å²) < 4.78 is 27.9. The lowest BCUT2D eigenvalue weighted by Crippen LogP contribution is -1.99. The van der Waals surface area contributed by atoms with E-state index in [1.807, 2.05) is 48.0 Å². The molecule has 0 saturated carbocycles. The lowest BCUT2D eigenvalue weighted by molar-refractivity contribution is 0.160. The van der Waals surface area contributed by atoms with Gasteiger partial charge in [-0.1, -0.05) is 24.3 Å². The van der Waals surface area contributed by atoms with E-state index in [-0.39, 0.29) is 0 Å². The standard InChI is InChI=1S/C76H76N12O4S/c1-7-41-89-45-11-15-49-53-19-27-61(79-53)71(62-28-20-54(80-62)50(16-12-46-90-42-8-2)58-24-32-66(84-58)73(65-31-23-57(49)83-65)75-77-37-39-87(75)5)69-35-36-70(93-69)72-63-29-21-55(81-63)51(17-13-47-91-43-9-3)59-25-33-67(85-59)74(76-78-38-40-88(76)6)68-34-26-60(86-68)52(18-14-48-92-44-10-4)56-22-30-64(72)82-56/h7-10,19-40,79,81,84,86H,1-4,11-18,41-48H2,5-6H3. The van der Waals surface area contributed by atoms with E-state index in [0.717, 1.165) is 181 Å². The average Bonchev–Trinajstić information content (AvgIpc) is 1.64. The summed E-state index contributed by atoms with van der Waals surface area (Å²) in [6.07, 6.45) is 37.8. The van der Waals surface area contributed by atoms with E-state index in [2.05, 4.69) is 156 Å². The lowest BCUT2D eigenvalue weighted by Gasteiger charge is -2.07. The molecule has 17 heteroatoms. The summed E-state index contributed by atoms with van der Waals surface area (Å²) in [7, 11) is 4.04. The zero-order valence-corrected chi connectivity index (χ0v) is 53.6. The Morgan fingerprint density at radius 3 is 0.914 bits per heavy atom.